The van der Waals surface area contributed by atoms with Crippen molar-refractivity contribution in [2.75, 3.05) is 32.2 Å². The monoisotopic (exact) mass is 330 g/mol. The van der Waals surface area contributed by atoms with Gasteiger partial charge in [0, 0.05) is 26.2 Å². The molecule has 1 aliphatic heterocycles. The smallest absolute Gasteiger partial charge is 0.251 e. The van der Waals surface area contributed by atoms with Crippen LogP contribution in [0.15, 0.2) is 36.4 Å². The van der Waals surface area contributed by atoms with Crippen LogP contribution in [-0.2, 0) is 6.54 Å². The van der Waals surface area contributed by atoms with Gasteiger partial charge < -0.3 is 19.7 Å². The second-order valence-electron chi connectivity index (χ2n) is 5.72. The molecule has 0 aliphatic carbocycles. The molecule has 0 atom stereocenters. The minimum absolute atomic E-state index is 0.288. The van der Waals surface area contributed by atoms with Crippen LogP contribution < -0.4 is 19.7 Å². The van der Waals surface area contributed by atoms with Crippen LogP contribution in [-0.4, -0.2) is 33.2 Å². The van der Waals surface area contributed by atoms with Crippen molar-refractivity contribution >= 4 is 11.6 Å². The number of hydrogen-bond acceptors (Lipinski definition) is 4. The van der Waals surface area contributed by atoms with Gasteiger partial charge in [-0.1, -0.05) is 6.07 Å². The van der Waals surface area contributed by atoms with Crippen molar-refractivity contribution in [1.29, 1.82) is 0 Å². The summed E-state index contributed by atoms with van der Waals surface area (Å²) in [5.74, 6) is 0.633. The maximum Gasteiger partial charge on any atom is 0.251 e. The standard InChI is InChI=1S/C18H19FN2O3/c1-21(2)15-5-4-13(10-14(15)19)18(22)20-11-12-3-6-16-17(9-12)24-8-7-23-16/h3-6,9-10H,7-8,11H2,1-2H3,(H,20,22). The Hall–Kier alpha value is -2.76. The van der Waals surface area contributed by atoms with Gasteiger partial charge in [-0.05, 0) is 35.9 Å². The van der Waals surface area contributed by atoms with Crippen LogP contribution in [0.2, 0.25) is 0 Å². The van der Waals surface area contributed by atoms with Crippen molar-refractivity contribution in [2.45, 2.75) is 6.54 Å². The number of anilines is 1. The van der Waals surface area contributed by atoms with Gasteiger partial charge in [-0.15, -0.1) is 0 Å². The summed E-state index contributed by atoms with van der Waals surface area (Å²) >= 11 is 0. The Labute approximate surface area is 140 Å². The fourth-order valence-electron chi connectivity index (χ4n) is 2.49. The van der Waals surface area contributed by atoms with E-state index in [1.54, 1.807) is 31.1 Å². The highest BCUT2D eigenvalue weighted by Crippen LogP contribution is 2.30. The molecule has 0 bridgehead atoms. The second kappa shape index (κ2) is 6.78. The molecule has 0 fully saturated rings. The quantitative estimate of drug-likeness (QED) is 0.936. The zero-order valence-corrected chi connectivity index (χ0v) is 13.6. The molecule has 6 heteroatoms. The first-order chi connectivity index (χ1) is 11.5. The Balaban J connectivity index is 1.66. The van der Waals surface area contributed by atoms with Gasteiger partial charge in [0.05, 0.1) is 5.69 Å². The van der Waals surface area contributed by atoms with E-state index < -0.39 is 5.82 Å². The lowest BCUT2D eigenvalue weighted by Crippen LogP contribution is -2.23. The highest BCUT2D eigenvalue weighted by atomic mass is 19.1. The minimum atomic E-state index is -0.424. The van der Waals surface area contributed by atoms with Crippen LogP contribution in [0.5, 0.6) is 11.5 Å². The van der Waals surface area contributed by atoms with E-state index in [1.165, 1.54) is 6.07 Å². The van der Waals surface area contributed by atoms with E-state index in [2.05, 4.69) is 5.32 Å². The molecule has 2 aromatic carbocycles. The average molecular weight is 330 g/mol. The summed E-state index contributed by atoms with van der Waals surface area (Å²) in [7, 11) is 3.50. The van der Waals surface area contributed by atoms with Crippen LogP contribution in [0.25, 0.3) is 0 Å². The highest BCUT2D eigenvalue weighted by molar-refractivity contribution is 5.94. The summed E-state index contributed by atoms with van der Waals surface area (Å²) in [5, 5.41) is 2.78. The van der Waals surface area contributed by atoms with Crippen molar-refractivity contribution in [1.82, 2.24) is 5.32 Å². The van der Waals surface area contributed by atoms with Gasteiger partial charge in [-0.2, -0.15) is 0 Å². The molecule has 1 heterocycles. The summed E-state index contributed by atoms with van der Waals surface area (Å²) < 4.78 is 24.9. The van der Waals surface area contributed by atoms with E-state index in [4.69, 9.17) is 9.47 Å². The molecule has 2 aromatic rings. The molecule has 1 N–H and O–H groups in total. The van der Waals surface area contributed by atoms with Gasteiger partial charge >= 0.3 is 0 Å². The SMILES string of the molecule is CN(C)c1ccc(C(=O)NCc2ccc3c(c2)OCCO3)cc1F. The largest absolute Gasteiger partial charge is 0.486 e. The number of benzene rings is 2. The number of fused-ring (bicyclic) bond motifs is 1. The average Bonchev–Trinajstić information content (AvgIpc) is 2.59. The fourth-order valence-corrected chi connectivity index (χ4v) is 2.49. The number of ether oxygens (including phenoxy) is 2. The summed E-state index contributed by atoms with van der Waals surface area (Å²) in [6.07, 6.45) is 0. The molecule has 3 rings (SSSR count). The summed E-state index contributed by atoms with van der Waals surface area (Å²) in [5.41, 5.74) is 1.62. The van der Waals surface area contributed by atoms with Gasteiger partial charge in [-0.3, -0.25) is 4.79 Å². The molecular formula is C18H19FN2O3. The number of nitrogens with one attached hydrogen (secondary N) is 1. The van der Waals surface area contributed by atoms with Crippen molar-refractivity contribution < 1.29 is 18.7 Å². The van der Waals surface area contributed by atoms with Gasteiger partial charge in [0.1, 0.15) is 19.0 Å². The predicted octanol–water partition coefficient (Wildman–Crippen LogP) is 2.59. The van der Waals surface area contributed by atoms with Crippen LogP contribution in [0, 0.1) is 5.82 Å². The maximum absolute atomic E-state index is 14.0. The van der Waals surface area contributed by atoms with E-state index >= 15 is 0 Å². The van der Waals surface area contributed by atoms with Crippen LogP contribution in [0.3, 0.4) is 0 Å². The Morgan fingerprint density at radius 3 is 2.58 bits per heavy atom. The maximum atomic E-state index is 14.0. The van der Waals surface area contributed by atoms with Crippen molar-refractivity contribution in [3.05, 3.63) is 53.3 Å². The Morgan fingerprint density at radius 2 is 1.88 bits per heavy atom. The second-order valence-corrected chi connectivity index (χ2v) is 5.72. The van der Waals surface area contributed by atoms with Gasteiger partial charge in [0.2, 0.25) is 0 Å². The predicted molar refractivity (Wildman–Crippen MR) is 89.3 cm³/mol. The minimum Gasteiger partial charge on any atom is -0.486 e. The summed E-state index contributed by atoms with van der Waals surface area (Å²) in [6, 6.07) is 9.97. The number of amides is 1. The summed E-state index contributed by atoms with van der Waals surface area (Å²) in [6.45, 7) is 1.38. The molecule has 5 nitrogen and oxygen atoms in total. The van der Waals surface area contributed by atoms with E-state index in [-0.39, 0.29) is 11.5 Å². The lowest BCUT2D eigenvalue weighted by Gasteiger charge is -2.19. The van der Waals surface area contributed by atoms with Crippen LogP contribution in [0.1, 0.15) is 15.9 Å². The Bertz CT molecular complexity index is 762. The lowest BCUT2D eigenvalue weighted by molar-refractivity contribution is 0.0950. The zero-order chi connectivity index (χ0) is 17.1. The first kappa shape index (κ1) is 16.1. The molecular weight excluding hydrogens is 311 g/mol. The van der Waals surface area contributed by atoms with E-state index in [9.17, 15) is 9.18 Å². The fraction of sp³-hybridized carbons (Fsp3) is 0.278. The highest BCUT2D eigenvalue weighted by Gasteiger charge is 2.13. The number of nitrogens with zero attached hydrogens (tertiary/aromatic N) is 1. The third-order valence-electron chi connectivity index (χ3n) is 3.75. The summed E-state index contributed by atoms with van der Waals surface area (Å²) in [4.78, 5) is 13.9. The molecule has 1 aliphatic rings. The van der Waals surface area contributed by atoms with Crippen molar-refractivity contribution in [3.8, 4) is 11.5 Å². The molecule has 126 valence electrons. The normalized spacial score (nSPS) is 12.6. The Morgan fingerprint density at radius 1 is 1.12 bits per heavy atom. The first-order valence-corrected chi connectivity index (χ1v) is 7.68. The lowest BCUT2D eigenvalue weighted by atomic mass is 10.1. The van der Waals surface area contributed by atoms with E-state index in [1.807, 2.05) is 18.2 Å². The molecule has 0 radical (unpaired) electrons. The molecule has 0 spiro atoms. The van der Waals surface area contributed by atoms with Crippen LogP contribution in [0.4, 0.5) is 10.1 Å². The van der Waals surface area contributed by atoms with Crippen molar-refractivity contribution in [2.24, 2.45) is 0 Å². The first-order valence-electron chi connectivity index (χ1n) is 7.68. The zero-order valence-electron chi connectivity index (χ0n) is 13.6. The molecule has 0 saturated heterocycles. The Kier molecular flexibility index (Phi) is 4.55. The molecule has 24 heavy (non-hydrogen) atoms. The third kappa shape index (κ3) is 3.42. The van der Waals surface area contributed by atoms with E-state index in [0.29, 0.717) is 36.9 Å². The third-order valence-corrected chi connectivity index (χ3v) is 3.75. The number of carbonyl (C=O) groups excluding carboxylic acids is 1. The van der Waals surface area contributed by atoms with Gasteiger partial charge in [-0.25, -0.2) is 4.39 Å². The van der Waals surface area contributed by atoms with Crippen LogP contribution >= 0.6 is 0 Å². The molecule has 0 saturated carbocycles. The van der Waals surface area contributed by atoms with Gasteiger partial charge in [0.25, 0.3) is 5.91 Å². The molecule has 1 amide bonds. The van der Waals surface area contributed by atoms with Gasteiger partial charge in [0.15, 0.2) is 11.5 Å². The topological polar surface area (TPSA) is 50.8 Å². The number of rotatable bonds is 4. The van der Waals surface area contributed by atoms with E-state index in [0.717, 1.165) is 5.56 Å². The number of halogens is 1. The number of hydrogen-bond donors (Lipinski definition) is 1. The number of carbonyl (C=O) groups is 1. The van der Waals surface area contributed by atoms with Crippen molar-refractivity contribution in [3.63, 3.8) is 0 Å². The molecule has 0 aromatic heterocycles. The molecule has 0 unspecified atom stereocenters.